The molecule has 2 aliphatic heterocycles. The van der Waals surface area contributed by atoms with E-state index in [0.29, 0.717) is 24.4 Å². The third-order valence-electron chi connectivity index (χ3n) is 4.83. The number of nitrogens with two attached hydrogens (primary N) is 1. The number of primary amides is 1. The Bertz CT molecular complexity index is 649. The van der Waals surface area contributed by atoms with E-state index in [2.05, 4.69) is 15.5 Å². The number of ether oxygens (including phenoxy) is 1. The molecule has 2 amide bonds. The van der Waals surface area contributed by atoms with Crippen LogP contribution >= 0.6 is 12.4 Å². The Morgan fingerprint density at radius 1 is 1.27 bits per heavy atom. The summed E-state index contributed by atoms with van der Waals surface area (Å²) in [6.45, 7) is 4.94. The van der Waals surface area contributed by atoms with Crippen molar-refractivity contribution < 1.29 is 14.3 Å². The summed E-state index contributed by atoms with van der Waals surface area (Å²) in [7, 11) is 0. The zero-order valence-corrected chi connectivity index (χ0v) is 15.8. The second-order valence-electron chi connectivity index (χ2n) is 6.64. The highest BCUT2D eigenvalue weighted by atomic mass is 35.5. The number of rotatable bonds is 4. The van der Waals surface area contributed by atoms with Crippen LogP contribution in [0.4, 0.5) is 11.4 Å². The van der Waals surface area contributed by atoms with Crippen LogP contribution < -0.4 is 21.3 Å². The number of hydrogen-bond acceptors (Lipinski definition) is 5. The van der Waals surface area contributed by atoms with Crippen molar-refractivity contribution in [3.63, 3.8) is 0 Å². The number of nitrogens with one attached hydrogen (secondary N) is 2. The van der Waals surface area contributed by atoms with E-state index in [4.69, 9.17) is 10.5 Å². The van der Waals surface area contributed by atoms with Crippen LogP contribution in [-0.4, -0.2) is 50.2 Å². The molecule has 144 valence electrons. The molecular formula is C18H27ClN4O3. The zero-order chi connectivity index (χ0) is 17.8. The number of carbonyl (C=O) groups is 2. The minimum atomic E-state index is -0.450. The van der Waals surface area contributed by atoms with E-state index in [1.165, 1.54) is 6.42 Å². The molecule has 0 aliphatic carbocycles. The van der Waals surface area contributed by atoms with Crippen molar-refractivity contribution >= 4 is 35.6 Å². The number of carbonyl (C=O) groups excluding carboxylic acids is 2. The second-order valence-corrected chi connectivity index (χ2v) is 6.64. The van der Waals surface area contributed by atoms with Crippen LogP contribution in [0, 0.1) is 0 Å². The monoisotopic (exact) mass is 382 g/mol. The Kier molecular flexibility index (Phi) is 7.25. The number of halogens is 1. The maximum absolute atomic E-state index is 12.5. The minimum Gasteiger partial charge on any atom is -0.375 e. The number of amides is 2. The van der Waals surface area contributed by atoms with Crippen molar-refractivity contribution in [3.05, 3.63) is 23.8 Å². The Morgan fingerprint density at radius 2 is 2.00 bits per heavy atom. The van der Waals surface area contributed by atoms with Crippen molar-refractivity contribution in [1.29, 1.82) is 0 Å². The first-order valence-electron chi connectivity index (χ1n) is 8.91. The van der Waals surface area contributed by atoms with Crippen LogP contribution in [0.2, 0.25) is 0 Å². The first-order valence-corrected chi connectivity index (χ1v) is 8.91. The van der Waals surface area contributed by atoms with E-state index in [1.54, 1.807) is 12.1 Å². The van der Waals surface area contributed by atoms with E-state index >= 15 is 0 Å². The summed E-state index contributed by atoms with van der Waals surface area (Å²) in [6.07, 6.45) is 3.20. The Balaban J connectivity index is 0.00000243. The van der Waals surface area contributed by atoms with E-state index in [1.807, 2.05) is 13.0 Å². The first-order chi connectivity index (χ1) is 12.1. The van der Waals surface area contributed by atoms with Crippen LogP contribution in [0.5, 0.6) is 0 Å². The van der Waals surface area contributed by atoms with Crippen molar-refractivity contribution in [1.82, 2.24) is 5.32 Å². The van der Waals surface area contributed by atoms with E-state index in [0.717, 1.165) is 31.6 Å². The molecule has 7 nitrogen and oxygen atoms in total. The average Bonchev–Trinajstić information content (AvgIpc) is 2.62. The Labute approximate surface area is 160 Å². The van der Waals surface area contributed by atoms with Gasteiger partial charge in [0.05, 0.1) is 24.0 Å². The third kappa shape index (κ3) is 4.66. The van der Waals surface area contributed by atoms with Gasteiger partial charge < -0.3 is 26.0 Å². The molecule has 0 aromatic heterocycles. The lowest BCUT2D eigenvalue weighted by molar-refractivity contribution is -0.123. The van der Waals surface area contributed by atoms with Crippen LogP contribution in [0.15, 0.2) is 18.2 Å². The van der Waals surface area contributed by atoms with Crippen molar-refractivity contribution in [2.45, 2.75) is 38.3 Å². The van der Waals surface area contributed by atoms with Gasteiger partial charge in [0, 0.05) is 25.3 Å². The smallest absolute Gasteiger partial charge is 0.250 e. The molecule has 8 heteroatoms. The largest absolute Gasteiger partial charge is 0.375 e. The van der Waals surface area contributed by atoms with Crippen LogP contribution in [0.3, 0.4) is 0 Å². The quantitative estimate of drug-likeness (QED) is 0.733. The molecule has 3 rings (SSSR count). The summed E-state index contributed by atoms with van der Waals surface area (Å²) in [5.74, 6) is -0.585. The van der Waals surface area contributed by atoms with Gasteiger partial charge in [-0.15, -0.1) is 12.4 Å². The number of piperidine rings is 1. The summed E-state index contributed by atoms with van der Waals surface area (Å²) < 4.78 is 5.53. The Morgan fingerprint density at radius 3 is 2.65 bits per heavy atom. The summed E-state index contributed by atoms with van der Waals surface area (Å²) in [5.41, 5.74) is 7.48. The second kappa shape index (κ2) is 9.21. The average molecular weight is 383 g/mol. The SMILES string of the molecule is C[C@H]1OCCN[C@@H]1C(=O)Nc1ccc(C(N)=O)c(N2CCCCC2)c1.Cl. The van der Waals surface area contributed by atoms with Crippen molar-refractivity contribution in [2.75, 3.05) is 36.5 Å². The van der Waals surface area contributed by atoms with Crippen LogP contribution in [0.25, 0.3) is 0 Å². The molecule has 26 heavy (non-hydrogen) atoms. The molecule has 2 atom stereocenters. The molecule has 2 saturated heterocycles. The molecule has 2 aliphatic rings. The molecule has 2 fully saturated rings. The van der Waals surface area contributed by atoms with E-state index in [-0.39, 0.29) is 30.5 Å². The molecule has 0 bridgehead atoms. The maximum Gasteiger partial charge on any atom is 0.250 e. The van der Waals surface area contributed by atoms with Crippen LogP contribution in [0.1, 0.15) is 36.5 Å². The van der Waals surface area contributed by atoms with Crippen molar-refractivity contribution in [2.24, 2.45) is 5.73 Å². The molecule has 0 saturated carbocycles. The lowest BCUT2D eigenvalue weighted by Crippen LogP contribution is -2.53. The summed E-state index contributed by atoms with van der Waals surface area (Å²) in [6, 6.07) is 4.87. The molecule has 0 spiro atoms. The predicted molar refractivity (Wildman–Crippen MR) is 104 cm³/mol. The van der Waals surface area contributed by atoms with Gasteiger partial charge in [-0.25, -0.2) is 0 Å². The minimum absolute atomic E-state index is 0. The molecule has 0 radical (unpaired) electrons. The molecule has 0 unspecified atom stereocenters. The summed E-state index contributed by atoms with van der Waals surface area (Å²) in [4.78, 5) is 26.5. The van der Waals surface area contributed by atoms with Gasteiger partial charge >= 0.3 is 0 Å². The molecular weight excluding hydrogens is 356 g/mol. The summed E-state index contributed by atoms with van der Waals surface area (Å²) >= 11 is 0. The molecule has 1 aromatic rings. The number of hydrogen-bond donors (Lipinski definition) is 3. The fourth-order valence-electron chi connectivity index (χ4n) is 3.46. The van der Waals surface area contributed by atoms with Gasteiger partial charge in [-0.2, -0.15) is 0 Å². The Hall–Kier alpha value is -1.83. The number of morpholine rings is 1. The highest BCUT2D eigenvalue weighted by Gasteiger charge is 2.28. The fourth-order valence-corrected chi connectivity index (χ4v) is 3.46. The topological polar surface area (TPSA) is 96.7 Å². The van der Waals surface area contributed by atoms with Gasteiger partial charge in [-0.05, 0) is 44.4 Å². The predicted octanol–water partition coefficient (Wildman–Crippen LogP) is 1.51. The standard InChI is InChI=1S/C18H26N4O3.ClH/c1-12-16(20-7-10-25-12)18(24)21-13-5-6-14(17(19)23)15(11-13)22-8-3-2-4-9-22;/h5-6,11-12,16,20H,2-4,7-10H2,1H3,(H2,19,23)(H,21,24);1H/t12-,16+;/m1./s1. The van der Waals surface area contributed by atoms with Crippen molar-refractivity contribution in [3.8, 4) is 0 Å². The van der Waals surface area contributed by atoms with Gasteiger partial charge in [0.25, 0.3) is 5.91 Å². The van der Waals surface area contributed by atoms with Gasteiger partial charge in [0.1, 0.15) is 6.04 Å². The van der Waals surface area contributed by atoms with Gasteiger partial charge in [0.15, 0.2) is 0 Å². The number of nitrogens with zero attached hydrogens (tertiary/aromatic N) is 1. The van der Waals surface area contributed by atoms with E-state index < -0.39 is 5.91 Å². The molecule has 2 heterocycles. The number of benzene rings is 1. The zero-order valence-electron chi connectivity index (χ0n) is 15.0. The lowest BCUT2D eigenvalue weighted by Gasteiger charge is -2.31. The first kappa shape index (κ1) is 20.5. The fraction of sp³-hybridized carbons (Fsp3) is 0.556. The van der Waals surface area contributed by atoms with Gasteiger partial charge in [0.2, 0.25) is 5.91 Å². The highest BCUT2D eigenvalue weighted by molar-refractivity contribution is 6.01. The summed E-state index contributed by atoms with van der Waals surface area (Å²) in [5, 5.41) is 6.10. The van der Waals surface area contributed by atoms with Gasteiger partial charge in [-0.1, -0.05) is 0 Å². The molecule has 1 aromatic carbocycles. The third-order valence-corrected chi connectivity index (χ3v) is 4.83. The maximum atomic E-state index is 12.5. The molecule has 4 N–H and O–H groups in total. The van der Waals surface area contributed by atoms with E-state index in [9.17, 15) is 9.59 Å². The highest BCUT2D eigenvalue weighted by Crippen LogP contribution is 2.27. The van der Waals surface area contributed by atoms with Crippen LogP contribution in [-0.2, 0) is 9.53 Å². The number of anilines is 2. The lowest BCUT2D eigenvalue weighted by atomic mass is 10.1. The van der Waals surface area contributed by atoms with Gasteiger partial charge in [-0.3, -0.25) is 9.59 Å². The normalized spacial score (nSPS) is 23.0.